The third-order valence-corrected chi connectivity index (χ3v) is 4.00. The zero-order valence-electron chi connectivity index (χ0n) is 15.1. The minimum absolute atomic E-state index is 0.0728. The summed E-state index contributed by atoms with van der Waals surface area (Å²) in [5, 5.41) is 5.31. The smallest absolute Gasteiger partial charge is 0.274 e. The zero-order valence-corrected chi connectivity index (χ0v) is 15.1. The number of hydrogen-bond donors (Lipinski definition) is 2. The Labute approximate surface area is 155 Å². The number of nitrogens with one attached hydrogen (secondary N) is 2. The number of nitrogens with zero attached hydrogens (tertiary/aromatic N) is 2. The van der Waals surface area contributed by atoms with Gasteiger partial charge in [0.15, 0.2) is 0 Å². The van der Waals surface area contributed by atoms with Gasteiger partial charge in [0.1, 0.15) is 23.0 Å². The van der Waals surface area contributed by atoms with Gasteiger partial charge in [-0.15, -0.1) is 0 Å². The van der Waals surface area contributed by atoms with Crippen molar-refractivity contribution in [3.63, 3.8) is 0 Å². The van der Waals surface area contributed by atoms with E-state index in [0.29, 0.717) is 5.69 Å². The summed E-state index contributed by atoms with van der Waals surface area (Å²) in [6.07, 6.45) is 1.35. The summed E-state index contributed by atoms with van der Waals surface area (Å²) >= 11 is 0. The minimum atomic E-state index is -0.778. The highest BCUT2D eigenvalue weighted by Gasteiger charge is 2.14. The number of carbonyl (C=O) groups excluding carboxylic acids is 1. The summed E-state index contributed by atoms with van der Waals surface area (Å²) in [6, 6.07) is 8.85. The monoisotopic (exact) mass is 368 g/mol. The number of aromatic nitrogens is 2. The van der Waals surface area contributed by atoms with E-state index in [1.165, 1.54) is 18.3 Å². The molecule has 0 saturated carbocycles. The highest BCUT2D eigenvalue weighted by Crippen LogP contribution is 2.23. The maximum Gasteiger partial charge on any atom is 0.274 e. The van der Waals surface area contributed by atoms with Crippen molar-refractivity contribution in [1.82, 2.24) is 9.97 Å². The van der Waals surface area contributed by atoms with Crippen molar-refractivity contribution in [3.05, 3.63) is 76.6 Å². The molecular formula is C20H18F2N4O. The standard InChI is InChI=1S/C20H18F2N4O/c1-11-9-12(2)17(13(3)10-11)25-19(27)16-7-8-23-20(24-16)26-18-14(21)5-4-6-15(18)22/h4-10H,1-3H3,(H,25,27)(H,23,24,26). The Morgan fingerprint density at radius 1 is 0.963 bits per heavy atom. The Bertz CT molecular complexity index is 977. The molecular weight excluding hydrogens is 350 g/mol. The van der Waals surface area contributed by atoms with Crippen LogP contribution in [0.25, 0.3) is 0 Å². The Balaban J connectivity index is 1.84. The topological polar surface area (TPSA) is 66.9 Å². The predicted octanol–water partition coefficient (Wildman–Crippen LogP) is 4.68. The third kappa shape index (κ3) is 4.08. The first kappa shape index (κ1) is 18.4. The summed E-state index contributed by atoms with van der Waals surface area (Å²) < 4.78 is 27.5. The predicted molar refractivity (Wildman–Crippen MR) is 100 cm³/mol. The van der Waals surface area contributed by atoms with Crippen LogP contribution in [0.15, 0.2) is 42.6 Å². The van der Waals surface area contributed by atoms with E-state index in [0.717, 1.165) is 28.8 Å². The van der Waals surface area contributed by atoms with Crippen LogP contribution in [0.1, 0.15) is 27.2 Å². The van der Waals surface area contributed by atoms with E-state index >= 15 is 0 Å². The molecule has 0 aliphatic carbocycles. The SMILES string of the molecule is Cc1cc(C)c(NC(=O)c2ccnc(Nc3c(F)cccc3F)n2)c(C)c1. The van der Waals surface area contributed by atoms with Crippen LogP contribution in [-0.4, -0.2) is 15.9 Å². The van der Waals surface area contributed by atoms with Crippen molar-refractivity contribution in [3.8, 4) is 0 Å². The summed E-state index contributed by atoms with van der Waals surface area (Å²) in [7, 11) is 0. The summed E-state index contributed by atoms with van der Waals surface area (Å²) in [4.78, 5) is 20.5. The molecule has 0 atom stereocenters. The average molecular weight is 368 g/mol. The number of halogens is 2. The summed E-state index contributed by atoms with van der Waals surface area (Å²) in [5.41, 5.74) is 3.37. The molecule has 0 spiro atoms. The van der Waals surface area contributed by atoms with Crippen molar-refractivity contribution in [2.24, 2.45) is 0 Å². The molecule has 1 heterocycles. The van der Waals surface area contributed by atoms with Crippen LogP contribution in [0.5, 0.6) is 0 Å². The Morgan fingerprint density at radius 2 is 1.59 bits per heavy atom. The quantitative estimate of drug-likeness (QED) is 0.702. The highest BCUT2D eigenvalue weighted by molar-refractivity contribution is 6.03. The van der Waals surface area contributed by atoms with E-state index in [9.17, 15) is 13.6 Å². The fourth-order valence-corrected chi connectivity index (χ4v) is 2.83. The van der Waals surface area contributed by atoms with Gasteiger partial charge in [0.25, 0.3) is 5.91 Å². The maximum atomic E-state index is 13.8. The van der Waals surface area contributed by atoms with E-state index in [4.69, 9.17) is 0 Å². The summed E-state index contributed by atoms with van der Waals surface area (Å²) in [5.74, 6) is -2.08. The van der Waals surface area contributed by atoms with Crippen molar-refractivity contribution in [1.29, 1.82) is 0 Å². The lowest BCUT2D eigenvalue weighted by atomic mass is 10.1. The number of amides is 1. The van der Waals surface area contributed by atoms with E-state index in [1.807, 2.05) is 32.9 Å². The molecule has 2 aromatic carbocycles. The molecule has 5 nitrogen and oxygen atoms in total. The molecule has 3 rings (SSSR count). The molecule has 138 valence electrons. The van der Waals surface area contributed by atoms with Crippen LogP contribution in [-0.2, 0) is 0 Å². The van der Waals surface area contributed by atoms with Crippen molar-refractivity contribution < 1.29 is 13.6 Å². The fraction of sp³-hybridized carbons (Fsp3) is 0.150. The molecule has 0 radical (unpaired) electrons. The first-order valence-corrected chi connectivity index (χ1v) is 8.28. The molecule has 1 aromatic heterocycles. The molecule has 3 aromatic rings. The van der Waals surface area contributed by atoms with Gasteiger partial charge in [-0.05, 0) is 50.1 Å². The van der Waals surface area contributed by atoms with Crippen LogP contribution < -0.4 is 10.6 Å². The highest BCUT2D eigenvalue weighted by atomic mass is 19.1. The zero-order chi connectivity index (χ0) is 19.6. The lowest BCUT2D eigenvalue weighted by molar-refractivity contribution is 0.102. The van der Waals surface area contributed by atoms with Crippen LogP contribution in [0.4, 0.5) is 26.1 Å². The van der Waals surface area contributed by atoms with Crippen molar-refractivity contribution >= 4 is 23.2 Å². The van der Waals surface area contributed by atoms with Crippen LogP contribution in [0, 0.1) is 32.4 Å². The second kappa shape index (κ2) is 7.49. The first-order valence-electron chi connectivity index (χ1n) is 8.28. The molecule has 0 aliphatic heterocycles. The second-order valence-electron chi connectivity index (χ2n) is 6.21. The van der Waals surface area contributed by atoms with E-state index in [2.05, 4.69) is 20.6 Å². The van der Waals surface area contributed by atoms with Gasteiger partial charge in [-0.2, -0.15) is 0 Å². The Kier molecular flexibility index (Phi) is 5.12. The molecule has 1 amide bonds. The third-order valence-electron chi connectivity index (χ3n) is 4.00. The van der Waals surface area contributed by atoms with Crippen molar-refractivity contribution in [2.75, 3.05) is 10.6 Å². The van der Waals surface area contributed by atoms with Gasteiger partial charge in [-0.1, -0.05) is 23.8 Å². The van der Waals surface area contributed by atoms with Gasteiger partial charge in [0.2, 0.25) is 5.95 Å². The van der Waals surface area contributed by atoms with Gasteiger partial charge in [-0.25, -0.2) is 18.7 Å². The number of anilines is 3. The number of rotatable bonds is 4. The normalized spacial score (nSPS) is 10.6. The first-order chi connectivity index (χ1) is 12.8. The second-order valence-corrected chi connectivity index (χ2v) is 6.21. The number of para-hydroxylation sites is 1. The molecule has 27 heavy (non-hydrogen) atoms. The molecule has 0 saturated heterocycles. The summed E-state index contributed by atoms with van der Waals surface area (Å²) in [6.45, 7) is 5.79. The molecule has 2 N–H and O–H groups in total. The fourth-order valence-electron chi connectivity index (χ4n) is 2.83. The largest absolute Gasteiger partial charge is 0.320 e. The average Bonchev–Trinajstić information content (AvgIpc) is 2.61. The maximum absolute atomic E-state index is 13.8. The van der Waals surface area contributed by atoms with Crippen LogP contribution in [0.3, 0.4) is 0 Å². The number of hydrogen-bond acceptors (Lipinski definition) is 4. The van der Waals surface area contributed by atoms with Gasteiger partial charge in [0.05, 0.1) is 0 Å². The minimum Gasteiger partial charge on any atom is -0.320 e. The van der Waals surface area contributed by atoms with E-state index < -0.39 is 17.5 Å². The van der Waals surface area contributed by atoms with E-state index in [1.54, 1.807) is 0 Å². The number of aryl methyl sites for hydroxylation is 3. The lowest BCUT2D eigenvalue weighted by Gasteiger charge is -2.13. The van der Waals surface area contributed by atoms with Gasteiger partial charge in [-0.3, -0.25) is 4.79 Å². The molecule has 7 heteroatoms. The Hall–Kier alpha value is -3.35. The van der Waals surface area contributed by atoms with E-state index in [-0.39, 0.29) is 17.3 Å². The molecule has 0 aliphatic rings. The lowest BCUT2D eigenvalue weighted by Crippen LogP contribution is -2.16. The van der Waals surface area contributed by atoms with Crippen molar-refractivity contribution in [2.45, 2.75) is 20.8 Å². The number of benzene rings is 2. The van der Waals surface area contributed by atoms with Gasteiger partial charge >= 0.3 is 0 Å². The van der Waals surface area contributed by atoms with Gasteiger partial charge < -0.3 is 10.6 Å². The van der Waals surface area contributed by atoms with Crippen LogP contribution >= 0.6 is 0 Å². The molecule has 0 unspecified atom stereocenters. The molecule has 0 fully saturated rings. The number of carbonyl (C=O) groups is 1. The molecule has 0 bridgehead atoms. The van der Waals surface area contributed by atoms with Crippen LogP contribution in [0.2, 0.25) is 0 Å². The van der Waals surface area contributed by atoms with Gasteiger partial charge in [0, 0.05) is 11.9 Å². The Morgan fingerprint density at radius 3 is 2.22 bits per heavy atom.